The number of aromatic carboxylic acids is 1. The molecule has 1 aliphatic heterocycles. The minimum Gasteiger partial charge on any atom is -0.478 e. The molecule has 2 aromatic rings. The first kappa shape index (κ1) is 15.6. The molecule has 1 heterocycles. The van der Waals surface area contributed by atoms with Gasteiger partial charge in [0.2, 0.25) is 0 Å². The van der Waals surface area contributed by atoms with Crippen molar-refractivity contribution in [1.29, 1.82) is 0 Å². The van der Waals surface area contributed by atoms with E-state index < -0.39 is 5.97 Å². The molecule has 1 fully saturated rings. The minimum absolute atomic E-state index is 0.328. The fraction of sp³-hybridized carbons (Fsp3) is 0.211. The maximum Gasteiger partial charge on any atom is 0.335 e. The Hall–Kier alpha value is -2.26. The molecule has 118 valence electrons. The Bertz CT molecular complexity index is 710. The van der Waals surface area contributed by atoms with E-state index in [4.69, 9.17) is 16.7 Å². The SMILES string of the molecule is O=C(O)c1ccc(N2CCC(=Cc3ccc(Cl)cc3)CC2)cc1. The zero-order valence-electron chi connectivity index (χ0n) is 12.7. The van der Waals surface area contributed by atoms with Gasteiger partial charge in [0, 0.05) is 23.8 Å². The first-order valence-corrected chi connectivity index (χ1v) is 8.03. The molecule has 0 aromatic heterocycles. The van der Waals surface area contributed by atoms with Gasteiger partial charge in [-0.1, -0.05) is 35.4 Å². The third kappa shape index (κ3) is 3.93. The summed E-state index contributed by atoms with van der Waals surface area (Å²) in [6.07, 6.45) is 4.27. The molecule has 23 heavy (non-hydrogen) atoms. The van der Waals surface area contributed by atoms with Gasteiger partial charge < -0.3 is 10.0 Å². The first-order valence-electron chi connectivity index (χ1n) is 7.65. The normalized spacial score (nSPS) is 14.7. The van der Waals surface area contributed by atoms with Crippen molar-refractivity contribution >= 4 is 29.3 Å². The summed E-state index contributed by atoms with van der Waals surface area (Å²) in [6.45, 7) is 1.90. The number of anilines is 1. The van der Waals surface area contributed by atoms with Crippen LogP contribution in [-0.4, -0.2) is 24.2 Å². The van der Waals surface area contributed by atoms with E-state index in [2.05, 4.69) is 11.0 Å². The van der Waals surface area contributed by atoms with Crippen molar-refractivity contribution in [1.82, 2.24) is 0 Å². The monoisotopic (exact) mass is 327 g/mol. The molecule has 1 saturated heterocycles. The zero-order valence-corrected chi connectivity index (χ0v) is 13.5. The van der Waals surface area contributed by atoms with Gasteiger partial charge in [-0.05, 0) is 54.8 Å². The number of hydrogen-bond acceptors (Lipinski definition) is 2. The summed E-state index contributed by atoms with van der Waals surface area (Å²) in [7, 11) is 0. The zero-order chi connectivity index (χ0) is 16.2. The summed E-state index contributed by atoms with van der Waals surface area (Å²) in [4.78, 5) is 13.2. The highest BCUT2D eigenvalue weighted by molar-refractivity contribution is 6.30. The van der Waals surface area contributed by atoms with Gasteiger partial charge in [0.05, 0.1) is 5.56 Å². The Labute approximate surface area is 140 Å². The predicted octanol–water partition coefficient (Wildman–Crippen LogP) is 4.72. The van der Waals surface area contributed by atoms with Gasteiger partial charge in [-0.3, -0.25) is 0 Å². The summed E-state index contributed by atoms with van der Waals surface area (Å²) < 4.78 is 0. The molecule has 4 heteroatoms. The lowest BCUT2D eigenvalue weighted by atomic mass is 10.0. The molecule has 0 aliphatic carbocycles. The predicted molar refractivity (Wildman–Crippen MR) is 94.3 cm³/mol. The largest absolute Gasteiger partial charge is 0.478 e. The van der Waals surface area contributed by atoms with E-state index in [9.17, 15) is 4.79 Å². The van der Waals surface area contributed by atoms with Crippen LogP contribution in [0, 0.1) is 0 Å². The van der Waals surface area contributed by atoms with Crippen molar-refractivity contribution in [2.24, 2.45) is 0 Å². The van der Waals surface area contributed by atoms with Gasteiger partial charge in [0.15, 0.2) is 0 Å². The van der Waals surface area contributed by atoms with Crippen LogP contribution >= 0.6 is 11.6 Å². The molecule has 1 aliphatic rings. The van der Waals surface area contributed by atoms with Crippen LogP contribution in [0.5, 0.6) is 0 Å². The van der Waals surface area contributed by atoms with E-state index >= 15 is 0 Å². The Balaban J connectivity index is 1.63. The van der Waals surface area contributed by atoms with Gasteiger partial charge >= 0.3 is 5.97 Å². The molecular formula is C19H18ClNO2. The van der Waals surface area contributed by atoms with Crippen LogP contribution in [0.1, 0.15) is 28.8 Å². The maximum atomic E-state index is 10.9. The number of carboxylic acid groups (broad SMARTS) is 1. The number of carboxylic acids is 1. The molecule has 2 aromatic carbocycles. The number of hydrogen-bond donors (Lipinski definition) is 1. The maximum absolute atomic E-state index is 10.9. The van der Waals surface area contributed by atoms with E-state index in [-0.39, 0.29) is 0 Å². The minimum atomic E-state index is -0.886. The quantitative estimate of drug-likeness (QED) is 0.886. The molecule has 0 bridgehead atoms. The molecule has 0 amide bonds. The Kier molecular flexibility index (Phi) is 4.68. The van der Waals surface area contributed by atoms with Gasteiger partial charge in [-0.25, -0.2) is 4.79 Å². The number of carbonyl (C=O) groups is 1. The Morgan fingerprint density at radius 2 is 1.61 bits per heavy atom. The fourth-order valence-electron chi connectivity index (χ4n) is 2.81. The van der Waals surface area contributed by atoms with Crippen molar-refractivity contribution in [2.45, 2.75) is 12.8 Å². The highest BCUT2D eigenvalue weighted by Gasteiger charge is 2.14. The van der Waals surface area contributed by atoms with Crippen molar-refractivity contribution in [3.05, 3.63) is 70.3 Å². The lowest BCUT2D eigenvalue weighted by Gasteiger charge is -2.30. The van der Waals surface area contributed by atoms with Gasteiger partial charge in [0.1, 0.15) is 0 Å². The van der Waals surface area contributed by atoms with Crippen molar-refractivity contribution in [2.75, 3.05) is 18.0 Å². The van der Waals surface area contributed by atoms with Crippen LogP contribution in [0.4, 0.5) is 5.69 Å². The molecule has 0 spiro atoms. The van der Waals surface area contributed by atoms with E-state index in [0.29, 0.717) is 5.56 Å². The van der Waals surface area contributed by atoms with Crippen LogP contribution in [0.2, 0.25) is 5.02 Å². The number of halogens is 1. The standard InChI is InChI=1S/C19H18ClNO2/c20-17-5-1-14(2-6-17)13-15-9-11-21(12-10-15)18-7-3-16(4-8-18)19(22)23/h1-8,13H,9-12H2,(H,22,23). The first-order chi connectivity index (χ1) is 11.1. The second-order valence-corrected chi connectivity index (χ2v) is 6.13. The van der Waals surface area contributed by atoms with Crippen LogP contribution in [0.3, 0.4) is 0 Å². The molecule has 1 N–H and O–H groups in total. The van der Waals surface area contributed by atoms with E-state index in [1.54, 1.807) is 12.1 Å². The molecule has 0 saturated carbocycles. The van der Waals surface area contributed by atoms with Crippen molar-refractivity contribution in [3.8, 4) is 0 Å². The van der Waals surface area contributed by atoms with Gasteiger partial charge in [-0.2, -0.15) is 0 Å². The second-order valence-electron chi connectivity index (χ2n) is 5.69. The Morgan fingerprint density at radius 3 is 2.17 bits per heavy atom. The van der Waals surface area contributed by atoms with Crippen LogP contribution in [-0.2, 0) is 0 Å². The number of piperidine rings is 1. The van der Waals surface area contributed by atoms with Crippen LogP contribution < -0.4 is 4.90 Å². The molecule has 3 rings (SSSR count). The van der Waals surface area contributed by atoms with E-state index in [1.165, 1.54) is 11.1 Å². The van der Waals surface area contributed by atoms with Gasteiger partial charge in [0.25, 0.3) is 0 Å². The summed E-state index contributed by atoms with van der Waals surface area (Å²) in [6, 6.07) is 15.0. The molecular weight excluding hydrogens is 310 g/mol. The molecule has 0 radical (unpaired) electrons. The number of benzene rings is 2. The summed E-state index contributed by atoms with van der Waals surface area (Å²) in [5, 5.41) is 9.70. The Morgan fingerprint density at radius 1 is 1.00 bits per heavy atom. The van der Waals surface area contributed by atoms with E-state index in [1.807, 2.05) is 36.4 Å². The van der Waals surface area contributed by atoms with Crippen molar-refractivity contribution < 1.29 is 9.90 Å². The van der Waals surface area contributed by atoms with E-state index in [0.717, 1.165) is 36.6 Å². The third-order valence-electron chi connectivity index (χ3n) is 4.13. The average molecular weight is 328 g/mol. The van der Waals surface area contributed by atoms with Crippen LogP contribution in [0.15, 0.2) is 54.1 Å². The van der Waals surface area contributed by atoms with Crippen LogP contribution in [0.25, 0.3) is 6.08 Å². The molecule has 0 atom stereocenters. The fourth-order valence-corrected chi connectivity index (χ4v) is 2.93. The number of rotatable bonds is 3. The highest BCUT2D eigenvalue weighted by Crippen LogP contribution is 2.25. The third-order valence-corrected chi connectivity index (χ3v) is 4.38. The topological polar surface area (TPSA) is 40.5 Å². The summed E-state index contributed by atoms with van der Waals surface area (Å²) in [5.41, 5.74) is 4.03. The second kappa shape index (κ2) is 6.88. The lowest BCUT2D eigenvalue weighted by Crippen LogP contribution is -2.30. The summed E-state index contributed by atoms with van der Waals surface area (Å²) >= 11 is 5.91. The molecule has 0 unspecified atom stereocenters. The van der Waals surface area contributed by atoms with Gasteiger partial charge in [-0.15, -0.1) is 0 Å². The number of nitrogens with zero attached hydrogens (tertiary/aromatic N) is 1. The van der Waals surface area contributed by atoms with Crippen molar-refractivity contribution in [3.63, 3.8) is 0 Å². The smallest absolute Gasteiger partial charge is 0.335 e. The average Bonchev–Trinajstić information content (AvgIpc) is 2.58. The highest BCUT2D eigenvalue weighted by atomic mass is 35.5. The summed E-state index contributed by atoms with van der Waals surface area (Å²) in [5.74, 6) is -0.886. The lowest BCUT2D eigenvalue weighted by molar-refractivity contribution is 0.0697. The molecule has 3 nitrogen and oxygen atoms in total.